The maximum atomic E-state index is 11.2. The molecule has 6 nitrogen and oxygen atoms in total. The summed E-state index contributed by atoms with van der Waals surface area (Å²) in [6.45, 7) is 2.81. The third-order valence-electron chi connectivity index (χ3n) is 2.56. The van der Waals surface area contributed by atoms with Gasteiger partial charge in [0.15, 0.2) is 0 Å². The number of hydrogen-bond acceptors (Lipinski definition) is 6. The van der Waals surface area contributed by atoms with Crippen molar-refractivity contribution in [1.29, 1.82) is 0 Å². The van der Waals surface area contributed by atoms with Crippen molar-refractivity contribution in [2.24, 2.45) is 0 Å². The van der Waals surface area contributed by atoms with Crippen molar-refractivity contribution in [1.82, 2.24) is 19.7 Å². The molecule has 0 spiro atoms. The van der Waals surface area contributed by atoms with Crippen LogP contribution in [0.5, 0.6) is 0 Å². The van der Waals surface area contributed by atoms with Crippen LogP contribution in [0.4, 0.5) is 0 Å². The Morgan fingerprint density at radius 3 is 3.24 bits per heavy atom. The molecule has 94 valence electrons. The Hall–Kier alpha value is -1.08. The first-order chi connectivity index (χ1) is 8.29. The van der Waals surface area contributed by atoms with Crippen LogP contribution in [0.2, 0.25) is 0 Å². The lowest BCUT2D eigenvalue weighted by atomic mass is 10.4. The Labute approximate surface area is 104 Å². The minimum Gasteiger partial charge on any atom is -0.463 e. The minimum atomic E-state index is -0.491. The van der Waals surface area contributed by atoms with Crippen LogP contribution >= 0.6 is 11.8 Å². The van der Waals surface area contributed by atoms with E-state index in [0.717, 1.165) is 18.8 Å². The van der Waals surface area contributed by atoms with E-state index >= 15 is 0 Å². The molecule has 0 aromatic carbocycles. The SMILES string of the molecule is COC(=O)c1ncn(CN2CCCSCC2)n1. The smallest absolute Gasteiger partial charge is 0.377 e. The molecule has 1 aromatic heterocycles. The molecule has 1 saturated heterocycles. The van der Waals surface area contributed by atoms with Crippen molar-refractivity contribution in [2.75, 3.05) is 31.7 Å². The molecule has 0 atom stereocenters. The standard InChI is InChI=1S/C10H16N4O2S/c1-16-10(15)9-11-7-14(12-9)8-13-3-2-5-17-6-4-13/h7H,2-6,8H2,1H3. The Morgan fingerprint density at radius 1 is 1.53 bits per heavy atom. The minimum absolute atomic E-state index is 0.122. The highest BCUT2D eigenvalue weighted by Crippen LogP contribution is 2.10. The van der Waals surface area contributed by atoms with Crippen LogP contribution in [0.25, 0.3) is 0 Å². The number of carbonyl (C=O) groups excluding carboxylic acids is 1. The molecular formula is C10H16N4O2S. The predicted octanol–water partition coefficient (Wildman–Crippen LogP) is 0.461. The van der Waals surface area contributed by atoms with Crippen molar-refractivity contribution in [3.8, 4) is 0 Å². The van der Waals surface area contributed by atoms with Crippen LogP contribution in [0.3, 0.4) is 0 Å². The Morgan fingerprint density at radius 2 is 2.41 bits per heavy atom. The van der Waals surface area contributed by atoms with E-state index in [9.17, 15) is 4.79 Å². The third kappa shape index (κ3) is 3.44. The summed E-state index contributed by atoms with van der Waals surface area (Å²) < 4.78 is 6.25. The second-order valence-electron chi connectivity index (χ2n) is 3.82. The largest absolute Gasteiger partial charge is 0.463 e. The van der Waals surface area contributed by atoms with Gasteiger partial charge in [-0.1, -0.05) is 0 Å². The average Bonchev–Trinajstić information content (AvgIpc) is 2.65. The second kappa shape index (κ2) is 6.02. The zero-order valence-corrected chi connectivity index (χ0v) is 10.7. The molecule has 0 amide bonds. The molecule has 1 fully saturated rings. The van der Waals surface area contributed by atoms with E-state index in [2.05, 4.69) is 19.7 Å². The van der Waals surface area contributed by atoms with Gasteiger partial charge in [0.2, 0.25) is 0 Å². The van der Waals surface area contributed by atoms with Gasteiger partial charge in [0.1, 0.15) is 6.33 Å². The summed E-state index contributed by atoms with van der Waals surface area (Å²) in [4.78, 5) is 17.4. The quantitative estimate of drug-likeness (QED) is 0.732. The number of thioether (sulfide) groups is 1. The van der Waals surface area contributed by atoms with E-state index in [0.29, 0.717) is 6.67 Å². The summed E-state index contributed by atoms with van der Waals surface area (Å²) in [6, 6.07) is 0. The van der Waals surface area contributed by atoms with Crippen LogP contribution in [-0.2, 0) is 11.4 Å². The number of aromatic nitrogens is 3. The molecule has 0 saturated carbocycles. The van der Waals surface area contributed by atoms with E-state index in [1.54, 1.807) is 11.0 Å². The van der Waals surface area contributed by atoms with Gasteiger partial charge >= 0.3 is 5.97 Å². The Balaban J connectivity index is 1.93. The van der Waals surface area contributed by atoms with Gasteiger partial charge in [-0.3, -0.25) is 4.90 Å². The molecule has 1 aliphatic heterocycles. The molecule has 2 heterocycles. The summed E-state index contributed by atoms with van der Waals surface area (Å²) in [5.74, 6) is 2.01. The topological polar surface area (TPSA) is 60.2 Å². The molecule has 0 N–H and O–H groups in total. The Kier molecular flexibility index (Phi) is 4.38. The highest BCUT2D eigenvalue weighted by atomic mass is 32.2. The normalized spacial score (nSPS) is 17.7. The van der Waals surface area contributed by atoms with Gasteiger partial charge in [-0.25, -0.2) is 14.5 Å². The fourth-order valence-corrected chi connectivity index (χ4v) is 2.62. The molecule has 0 unspecified atom stereocenters. The fraction of sp³-hybridized carbons (Fsp3) is 0.700. The number of nitrogens with zero attached hydrogens (tertiary/aromatic N) is 4. The van der Waals surface area contributed by atoms with Gasteiger partial charge in [-0.2, -0.15) is 11.8 Å². The first-order valence-corrected chi connectivity index (χ1v) is 6.73. The van der Waals surface area contributed by atoms with Crippen molar-refractivity contribution in [3.63, 3.8) is 0 Å². The van der Waals surface area contributed by atoms with Crippen LogP contribution < -0.4 is 0 Å². The van der Waals surface area contributed by atoms with Crippen molar-refractivity contribution in [2.45, 2.75) is 13.1 Å². The average molecular weight is 256 g/mol. The van der Waals surface area contributed by atoms with E-state index in [-0.39, 0.29) is 5.82 Å². The number of carbonyl (C=O) groups is 1. The third-order valence-corrected chi connectivity index (χ3v) is 3.61. The van der Waals surface area contributed by atoms with E-state index in [4.69, 9.17) is 0 Å². The van der Waals surface area contributed by atoms with Crippen LogP contribution in [0.15, 0.2) is 6.33 Å². The molecule has 0 radical (unpaired) electrons. The number of hydrogen-bond donors (Lipinski definition) is 0. The van der Waals surface area contributed by atoms with Crippen molar-refractivity contribution < 1.29 is 9.53 Å². The molecule has 1 aliphatic rings. The number of rotatable bonds is 3. The molecule has 7 heteroatoms. The lowest BCUT2D eigenvalue weighted by Crippen LogP contribution is -2.29. The second-order valence-corrected chi connectivity index (χ2v) is 5.05. The first kappa shape index (κ1) is 12.4. The molecule has 2 rings (SSSR count). The van der Waals surface area contributed by atoms with Gasteiger partial charge in [0.05, 0.1) is 13.8 Å². The van der Waals surface area contributed by atoms with E-state index in [1.165, 1.54) is 19.3 Å². The fourth-order valence-electron chi connectivity index (χ4n) is 1.69. The van der Waals surface area contributed by atoms with Gasteiger partial charge in [0.25, 0.3) is 5.82 Å². The first-order valence-electron chi connectivity index (χ1n) is 5.57. The van der Waals surface area contributed by atoms with Gasteiger partial charge in [-0.05, 0) is 12.2 Å². The summed E-state index contributed by atoms with van der Waals surface area (Å²) in [6.07, 6.45) is 2.77. The van der Waals surface area contributed by atoms with Crippen LogP contribution in [0.1, 0.15) is 17.0 Å². The molecule has 17 heavy (non-hydrogen) atoms. The summed E-state index contributed by atoms with van der Waals surface area (Å²) in [7, 11) is 1.33. The van der Waals surface area contributed by atoms with E-state index < -0.39 is 5.97 Å². The molecular weight excluding hydrogens is 240 g/mol. The van der Waals surface area contributed by atoms with Crippen molar-refractivity contribution >= 4 is 17.7 Å². The maximum Gasteiger partial charge on any atom is 0.377 e. The van der Waals surface area contributed by atoms with Crippen LogP contribution in [-0.4, -0.2) is 57.3 Å². The molecule has 0 bridgehead atoms. The van der Waals surface area contributed by atoms with E-state index in [1.807, 2.05) is 11.8 Å². The summed E-state index contributed by atoms with van der Waals surface area (Å²) in [5, 5.41) is 4.09. The van der Waals surface area contributed by atoms with Gasteiger partial charge in [-0.15, -0.1) is 5.10 Å². The predicted molar refractivity (Wildman–Crippen MR) is 64.9 cm³/mol. The zero-order valence-electron chi connectivity index (χ0n) is 9.83. The van der Waals surface area contributed by atoms with Gasteiger partial charge in [0, 0.05) is 18.8 Å². The summed E-state index contributed by atoms with van der Waals surface area (Å²) >= 11 is 1.98. The number of esters is 1. The van der Waals surface area contributed by atoms with Crippen LogP contribution in [0, 0.1) is 0 Å². The lowest BCUT2D eigenvalue weighted by Gasteiger charge is -2.18. The Bertz CT molecular complexity index is 374. The highest BCUT2D eigenvalue weighted by molar-refractivity contribution is 7.99. The van der Waals surface area contributed by atoms with Crippen molar-refractivity contribution in [3.05, 3.63) is 12.2 Å². The number of ether oxygens (including phenoxy) is 1. The van der Waals surface area contributed by atoms with Gasteiger partial charge < -0.3 is 4.74 Å². The monoisotopic (exact) mass is 256 g/mol. The maximum absolute atomic E-state index is 11.2. The zero-order chi connectivity index (χ0) is 12.1. The summed E-state index contributed by atoms with van der Waals surface area (Å²) in [5.41, 5.74) is 0. The lowest BCUT2D eigenvalue weighted by molar-refractivity contribution is 0.0585. The molecule has 0 aliphatic carbocycles. The number of methoxy groups -OCH3 is 1. The molecule has 1 aromatic rings. The highest BCUT2D eigenvalue weighted by Gasteiger charge is 2.14.